The van der Waals surface area contributed by atoms with Crippen LogP contribution in [0.1, 0.15) is 24.0 Å². The van der Waals surface area contributed by atoms with E-state index < -0.39 is 5.69 Å². The molecule has 0 fully saturated rings. The molecule has 180 valence electrons. The lowest BCUT2D eigenvalue weighted by molar-refractivity contribution is -0.121. The first-order chi connectivity index (χ1) is 17.0. The Kier molecular flexibility index (Phi) is 6.61. The highest BCUT2D eigenvalue weighted by molar-refractivity contribution is 7.17. The van der Waals surface area contributed by atoms with E-state index in [1.807, 2.05) is 36.4 Å². The second kappa shape index (κ2) is 9.97. The lowest BCUT2D eigenvalue weighted by atomic mass is 10.2. The Morgan fingerprint density at radius 3 is 2.74 bits per heavy atom. The summed E-state index contributed by atoms with van der Waals surface area (Å²) in [7, 11) is 0. The number of amides is 1. The largest absolute Gasteiger partial charge is 0.454 e. The molecular weight excluding hydrogens is 490 g/mol. The number of aromatic nitrogens is 2. The highest BCUT2D eigenvalue weighted by atomic mass is 35.5. The highest BCUT2D eigenvalue weighted by Crippen LogP contribution is 2.32. The van der Waals surface area contributed by atoms with Crippen LogP contribution in [0.2, 0.25) is 5.02 Å². The van der Waals surface area contributed by atoms with Crippen LogP contribution in [-0.2, 0) is 24.4 Å². The number of nitrogens with zero attached hydrogens (tertiary/aromatic N) is 2. The number of hydrogen-bond donors (Lipinski definition) is 1. The van der Waals surface area contributed by atoms with Gasteiger partial charge >= 0.3 is 5.69 Å². The standard InChI is InChI=1S/C25H22ClN3O5S/c26-18-5-2-1-4-17(18)14-29-19-9-11-35-23(19)24(31)28(25(29)32)10-3-6-22(30)27-13-16-7-8-20-21(12-16)34-15-33-20/h1-2,4-5,7-9,11-12H,3,6,10,13-15H2,(H,27,30). The molecule has 8 nitrogen and oxygen atoms in total. The predicted molar refractivity (Wildman–Crippen MR) is 135 cm³/mol. The van der Waals surface area contributed by atoms with Crippen molar-refractivity contribution < 1.29 is 14.3 Å². The maximum atomic E-state index is 13.3. The fourth-order valence-electron chi connectivity index (χ4n) is 4.02. The fraction of sp³-hybridized carbons (Fsp3) is 0.240. The average molecular weight is 512 g/mol. The lowest BCUT2D eigenvalue weighted by Gasteiger charge is -2.13. The van der Waals surface area contributed by atoms with Crippen LogP contribution in [0.4, 0.5) is 0 Å². The normalized spacial score (nSPS) is 12.3. The van der Waals surface area contributed by atoms with Crippen molar-refractivity contribution in [2.24, 2.45) is 0 Å². The monoisotopic (exact) mass is 511 g/mol. The summed E-state index contributed by atoms with van der Waals surface area (Å²) in [5, 5.41) is 5.21. The van der Waals surface area contributed by atoms with Gasteiger partial charge in [0.2, 0.25) is 12.7 Å². The minimum Gasteiger partial charge on any atom is -0.454 e. The molecule has 0 bridgehead atoms. The number of thiophene rings is 1. The average Bonchev–Trinajstić information content (AvgIpc) is 3.53. The van der Waals surface area contributed by atoms with Gasteiger partial charge < -0.3 is 14.8 Å². The minimum atomic E-state index is -0.415. The zero-order valence-electron chi connectivity index (χ0n) is 18.7. The van der Waals surface area contributed by atoms with E-state index in [0.29, 0.717) is 39.7 Å². The summed E-state index contributed by atoms with van der Waals surface area (Å²) in [6, 6.07) is 14.6. The van der Waals surface area contributed by atoms with Gasteiger partial charge in [0.15, 0.2) is 11.5 Å². The lowest BCUT2D eigenvalue weighted by Crippen LogP contribution is -2.40. The van der Waals surface area contributed by atoms with Gasteiger partial charge in [0, 0.05) is 24.5 Å². The first-order valence-corrected chi connectivity index (χ1v) is 12.4. The molecule has 4 aromatic rings. The van der Waals surface area contributed by atoms with Crippen molar-refractivity contribution in [3.63, 3.8) is 0 Å². The number of carbonyl (C=O) groups excluding carboxylic acids is 1. The summed E-state index contributed by atoms with van der Waals surface area (Å²) in [6.07, 6.45) is 0.536. The Bertz CT molecular complexity index is 1520. The summed E-state index contributed by atoms with van der Waals surface area (Å²) in [5.41, 5.74) is 1.52. The quantitative estimate of drug-likeness (QED) is 0.389. The van der Waals surface area contributed by atoms with Gasteiger partial charge in [0.1, 0.15) is 4.70 Å². The molecule has 35 heavy (non-hydrogen) atoms. The topological polar surface area (TPSA) is 91.6 Å². The molecule has 0 atom stereocenters. The number of nitrogens with one attached hydrogen (secondary N) is 1. The van der Waals surface area contributed by atoms with Crippen LogP contribution in [0.5, 0.6) is 11.5 Å². The number of fused-ring (bicyclic) bond motifs is 2. The molecule has 10 heteroatoms. The van der Waals surface area contributed by atoms with Crippen molar-refractivity contribution >= 4 is 39.1 Å². The Morgan fingerprint density at radius 2 is 1.89 bits per heavy atom. The molecule has 0 spiro atoms. The van der Waals surface area contributed by atoms with Crippen LogP contribution in [0.25, 0.3) is 10.2 Å². The van der Waals surface area contributed by atoms with Gasteiger partial charge in [-0.05, 0) is 47.2 Å². The third-order valence-corrected chi connectivity index (χ3v) is 7.10. The van der Waals surface area contributed by atoms with Gasteiger partial charge in [0.05, 0.1) is 12.1 Å². The summed E-state index contributed by atoms with van der Waals surface area (Å²) in [6.45, 7) is 0.941. The van der Waals surface area contributed by atoms with E-state index in [-0.39, 0.29) is 37.8 Å². The third-order valence-electron chi connectivity index (χ3n) is 5.83. The number of ether oxygens (including phenoxy) is 2. The molecule has 2 aromatic heterocycles. The fourth-order valence-corrected chi connectivity index (χ4v) is 5.06. The van der Waals surface area contributed by atoms with Crippen LogP contribution >= 0.6 is 22.9 Å². The van der Waals surface area contributed by atoms with Crippen LogP contribution in [0, 0.1) is 0 Å². The van der Waals surface area contributed by atoms with Crippen LogP contribution in [0.3, 0.4) is 0 Å². The molecule has 2 aromatic carbocycles. The van der Waals surface area contributed by atoms with Crippen molar-refractivity contribution in [1.82, 2.24) is 14.5 Å². The summed E-state index contributed by atoms with van der Waals surface area (Å²) in [5.74, 6) is 1.19. The van der Waals surface area contributed by atoms with Gasteiger partial charge in [-0.1, -0.05) is 35.9 Å². The van der Waals surface area contributed by atoms with E-state index >= 15 is 0 Å². The molecule has 0 unspecified atom stereocenters. The molecule has 0 saturated heterocycles. The van der Waals surface area contributed by atoms with Crippen molar-refractivity contribution in [3.05, 3.63) is 90.9 Å². The number of hydrogen-bond acceptors (Lipinski definition) is 6. The first-order valence-electron chi connectivity index (χ1n) is 11.1. The molecule has 1 N–H and O–H groups in total. The van der Waals surface area contributed by atoms with E-state index in [0.717, 1.165) is 11.1 Å². The maximum Gasteiger partial charge on any atom is 0.331 e. The molecule has 0 saturated carbocycles. The molecule has 1 amide bonds. The Hall–Kier alpha value is -3.56. The van der Waals surface area contributed by atoms with E-state index in [2.05, 4.69) is 5.32 Å². The SMILES string of the molecule is O=C(CCCn1c(=O)c2sccc2n(Cc2ccccc2Cl)c1=O)NCc1ccc2c(c1)OCO2. The number of benzene rings is 2. The summed E-state index contributed by atoms with van der Waals surface area (Å²) >= 11 is 7.60. The van der Waals surface area contributed by atoms with Gasteiger partial charge in [-0.25, -0.2) is 4.79 Å². The third kappa shape index (κ3) is 4.82. The van der Waals surface area contributed by atoms with E-state index in [9.17, 15) is 14.4 Å². The highest BCUT2D eigenvalue weighted by Gasteiger charge is 2.16. The van der Waals surface area contributed by atoms with Crippen LogP contribution in [-0.4, -0.2) is 21.8 Å². The molecule has 1 aliphatic heterocycles. The Labute approximate surface area is 209 Å². The predicted octanol–water partition coefficient (Wildman–Crippen LogP) is 3.75. The van der Waals surface area contributed by atoms with Gasteiger partial charge in [-0.15, -0.1) is 11.3 Å². The van der Waals surface area contributed by atoms with Crippen molar-refractivity contribution in [2.45, 2.75) is 32.5 Å². The number of carbonyl (C=O) groups is 1. The van der Waals surface area contributed by atoms with Gasteiger partial charge in [-0.3, -0.25) is 18.7 Å². The van der Waals surface area contributed by atoms with E-state index in [1.165, 1.54) is 15.9 Å². The van der Waals surface area contributed by atoms with Crippen LogP contribution < -0.4 is 26.0 Å². The Morgan fingerprint density at radius 1 is 1.06 bits per heavy atom. The summed E-state index contributed by atoms with van der Waals surface area (Å²) in [4.78, 5) is 38.6. The van der Waals surface area contributed by atoms with Crippen molar-refractivity contribution in [3.8, 4) is 11.5 Å². The van der Waals surface area contributed by atoms with E-state index in [1.54, 1.807) is 22.1 Å². The number of rotatable bonds is 8. The zero-order valence-corrected chi connectivity index (χ0v) is 20.2. The smallest absolute Gasteiger partial charge is 0.331 e. The van der Waals surface area contributed by atoms with E-state index in [4.69, 9.17) is 21.1 Å². The number of halogens is 1. The van der Waals surface area contributed by atoms with Crippen molar-refractivity contribution in [2.75, 3.05) is 6.79 Å². The molecular formula is C25H22ClN3O5S. The molecule has 1 aliphatic rings. The second-order valence-corrected chi connectivity index (χ2v) is 9.44. The maximum absolute atomic E-state index is 13.3. The zero-order chi connectivity index (χ0) is 24.4. The second-order valence-electron chi connectivity index (χ2n) is 8.12. The summed E-state index contributed by atoms with van der Waals surface area (Å²) < 4.78 is 13.9. The first kappa shape index (κ1) is 23.2. The Balaban J connectivity index is 1.27. The minimum absolute atomic E-state index is 0.144. The molecule has 0 aliphatic carbocycles. The molecule has 3 heterocycles. The molecule has 5 rings (SSSR count). The van der Waals surface area contributed by atoms with Crippen LogP contribution in [0.15, 0.2) is 63.5 Å². The van der Waals surface area contributed by atoms with Crippen molar-refractivity contribution in [1.29, 1.82) is 0 Å². The van der Waals surface area contributed by atoms with Gasteiger partial charge in [-0.2, -0.15) is 0 Å². The molecule has 0 radical (unpaired) electrons. The van der Waals surface area contributed by atoms with Gasteiger partial charge in [0.25, 0.3) is 5.56 Å².